The third-order valence-corrected chi connectivity index (χ3v) is 4.04. The maximum absolute atomic E-state index is 5.82. The largest absolute Gasteiger partial charge is 0.397 e. The molecule has 0 radical (unpaired) electrons. The third kappa shape index (κ3) is 2.64. The van der Waals surface area contributed by atoms with Gasteiger partial charge < -0.3 is 11.1 Å². The van der Waals surface area contributed by atoms with Crippen molar-refractivity contribution in [1.29, 1.82) is 0 Å². The summed E-state index contributed by atoms with van der Waals surface area (Å²) in [4.78, 5) is 0. The highest BCUT2D eigenvalue weighted by Gasteiger charge is 2.14. The van der Waals surface area contributed by atoms with Gasteiger partial charge in [0.25, 0.3) is 0 Å². The molecule has 1 heterocycles. The number of fused-ring (bicyclic) bond motifs is 1. The Morgan fingerprint density at radius 3 is 2.79 bits per heavy atom. The van der Waals surface area contributed by atoms with Gasteiger partial charge in [-0.05, 0) is 34.8 Å². The van der Waals surface area contributed by atoms with Gasteiger partial charge in [0.05, 0.1) is 11.4 Å². The SMILES string of the molecule is Nc1ccc(NCCC2CCCCC2)c2nonc12. The summed E-state index contributed by atoms with van der Waals surface area (Å²) in [6.07, 6.45) is 8.17. The molecule has 0 saturated heterocycles. The monoisotopic (exact) mass is 260 g/mol. The Balaban J connectivity index is 1.62. The number of benzene rings is 1. The van der Waals surface area contributed by atoms with Crippen LogP contribution in [0.5, 0.6) is 0 Å². The number of nitrogens with two attached hydrogens (primary N) is 1. The zero-order chi connectivity index (χ0) is 13.1. The maximum Gasteiger partial charge on any atom is 0.160 e. The lowest BCUT2D eigenvalue weighted by atomic mass is 9.87. The van der Waals surface area contributed by atoms with Crippen LogP contribution in [-0.4, -0.2) is 16.9 Å². The summed E-state index contributed by atoms with van der Waals surface area (Å²) < 4.78 is 4.76. The van der Waals surface area contributed by atoms with Crippen LogP contribution < -0.4 is 11.1 Å². The van der Waals surface area contributed by atoms with E-state index in [1.54, 1.807) is 0 Å². The molecule has 19 heavy (non-hydrogen) atoms. The number of rotatable bonds is 4. The lowest BCUT2D eigenvalue weighted by Crippen LogP contribution is -2.12. The van der Waals surface area contributed by atoms with E-state index in [-0.39, 0.29) is 0 Å². The standard InChI is InChI=1S/C14H20N4O/c15-11-6-7-12(14-13(11)17-19-18-14)16-9-8-10-4-2-1-3-5-10/h6-7,10,16H,1-5,8-9,15H2. The van der Waals surface area contributed by atoms with Crippen LogP contribution in [0.15, 0.2) is 16.8 Å². The summed E-state index contributed by atoms with van der Waals surface area (Å²) in [5, 5.41) is 11.2. The minimum atomic E-state index is 0.606. The first-order valence-electron chi connectivity index (χ1n) is 7.09. The summed E-state index contributed by atoms with van der Waals surface area (Å²) in [7, 11) is 0. The van der Waals surface area contributed by atoms with Gasteiger partial charge in [0.15, 0.2) is 11.0 Å². The Bertz CT molecular complexity index is 545. The molecule has 0 atom stereocenters. The normalized spacial score (nSPS) is 16.8. The van der Waals surface area contributed by atoms with E-state index in [4.69, 9.17) is 10.4 Å². The van der Waals surface area contributed by atoms with Crippen molar-refractivity contribution in [2.45, 2.75) is 38.5 Å². The van der Waals surface area contributed by atoms with Crippen LogP contribution in [0.25, 0.3) is 11.0 Å². The molecule has 1 aliphatic rings. The molecule has 0 amide bonds. The van der Waals surface area contributed by atoms with Crippen molar-refractivity contribution < 1.29 is 4.63 Å². The molecule has 1 fully saturated rings. The highest BCUT2D eigenvalue weighted by atomic mass is 16.6. The molecule has 1 aromatic heterocycles. The fourth-order valence-electron chi connectivity index (χ4n) is 2.92. The Hall–Kier alpha value is -1.78. The Morgan fingerprint density at radius 2 is 1.95 bits per heavy atom. The van der Waals surface area contributed by atoms with E-state index in [0.717, 1.165) is 23.7 Å². The molecular weight excluding hydrogens is 240 g/mol. The number of nitrogens with zero attached hydrogens (tertiary/aromatic N) is 2. The predicted octanol–water partition coefficient (Wildman–Crippen LogP) is 3.19. The number of hydrogen-bond acceptors (Lipinski definition) is 5. The Labute approximate surface area is 112 Å². The second-order valence-corrected chi connectivity index (χ2v) is 5.38. The second kappa shape index (κ2) is 5.47. The average molecular weight is 260 g/mol. The van der Waals surface area contributed by atoms with Crippen molar-refractivity contribution in [3.05, 3.63) is 12.1 Å². The average Bonchev–Trinajstić information content (AvgIpc) is 2.93. The molecule has 1 aromatic carbocycles. The van der Waals surface area contributed by atoms with Gasteiger partial charge in [0, 0.05) is 6.54 Å². The second-order valence-electron chi connectivity index (χ2n) is 5.38. The van der Waals surface area contributed by atoms with Gasteiger partial charge in [-0.1, -0.05) is 32.1 Å². The van der Waals surface area contributed by atoms with E-state index in [9.17, 15) is 0 Å². The smallest absolute Gasteiger partial charge is 0.160 e. The van der Waals surface area contributed by atoms with Gasteiger partial charge in [-0.3, -0.25) is 0 Å². The zero-order valence-corrected chi connectivity index (χ0v) is 11.1. The van der Waals surface area contributed by atoms with Crippen LogP contribution in [0.1, 0.15) is 38.5 Å². The van der Waals surface area contributed by atoms with Crippen molar-refractivity contribution in [2.75, 3.05) is 17.6 Å². The number of hydrogen-bond donors (Lipinski definition) is 2. The lowest BCUT2D eigenvalue weighted by molar-refractivity contribution is 0.315. The van der Waals surface area contributed by atoms with Crippen molar-refractivity contribution in [3.63, 3.8) is 0 Å². The maximum atomic E-state index is 5.82. The fourth-order valence-corrected chi connectivity index (χ4v) is 2.92. The van der Waals surface area contributed by atoms with Crippen LogP contribution in [-0.2, 0) is 0 Å². The van der Waals surface area contributed by atoms with Crippen LogP contribution in [0.3, 0.4) is 0 Å². The molecule has 0 spiro atoms. The molecule has 0 bridgehead atoms. The van der Waals surface area contributed by atoms with E-state index >= 15 is 0 Å². The van der Waals surface area contributed by atoms with Crippen LogP contribution in [0, 0.1) is 5.92 Å². The van der Waals surface area contributed by atoms with E-state index in [1.807, 2.05) is 12.1 Å². The highest BCUT2D eigenvalue weighted by molar-refractivity contribution is 5.94. The lowest BCUT2D eigenvalue weighted by Gasteiger charge is -2.21. The van der Waals surface area contributed by atoms with E-state index in [0.29, 0.717) is 11.2 Å². The quantitative estimate of drug-likeness (QED) is 0.825. The molecule has 102 valence electrons. The Morgan fingerprint density at radius 1 is 1.16 bits per heavy atom. The van der Waals surface area contributed by atoms with Crippen molar-refractivity contribution in [2.24, 2.45) is 5.92 Å². The highest BCUT2D eigenvalue weighted by Crippen LogP contribution is 2.28. The van der Waals surface area contributed by atoms with Crippen molar-refractivity contribution >= 4 is 22.4 Å². The molecule has 5 heteroatoms. The van der Waals surface area contributed by atoms with Crippen LogP contribution in [0.2, 0.25) is 0 Å². The molecule has 3 N–H and O–H groups in total. The van der Waals surface area contributed by atoms with Gasteiger partial charge in [-0.25, -0.2) is 4.63 Å². The molecule has 1 aliphatic carbocycles. The number of anilines is 2. The van der Waals surface area contributed by atoms with Gasteiger partial charge in [0.1, 0.15) is 0 Å². The third-order valence-electron chi connectivity index (χ3n) is 4.04. The number of nitrogens with one attached hydrogen (secondary N) is 1. The predicted molar refractivity (Wildman–Crippen MR) is 75.9 cm³/mol. The van der Waals surface area contributed by atoms with Gasteiger partial charge >= 0.3 is 0 Å². The summed E-state index contributed by atoms with van der Waals surface area (Å²) in [5.41, 5.74) is 8.76. The molecular formula is C14H20N4O. The molecule has 3 rings (SSSR count). The fraction of sp³-hybridized carbons (Fsp3) is 0.571. The van der Waals surface area contributed by atoms with E-state index in [2.05, 4.69) is 15.6 Å². The van der Waals surface area contributed by atoms with E-state index < -0.39 is 0 Å². The summed E-state index contributed by atoms with van der Waals surface area (Å²) >= 11 is 0. The summed E-state index contributed by atoms with van der Waals surface area (Å²) in [5.74, 6) is 0.876. The molecule has 2 aromatic rings. The molecule has 0 unspecified atom stereocenters. The number of nitrogen functional groups attached to an aromatic ring is 1. The number of aromatic nitrogens is 2. The minimum absolute atomic E-state index is 0.606. The van der Waals surface area contributed by atoms with Crippen molar-refractivity contribution in [1.82, 2.24) is 10.3 Å². The first-order chi connectivity index (χ1) is 9.34. The first-order valence-corrected chi connectivity index (χ1v) is 7.09. The summed E-state index contributed by atoms with van der Waals surface area (Å²) in [6.45, 7) is 0.969. The minimum Gasteiger partial charge on any atom is -0.397 e. The topological polar surface area (TPSA) is 77.0 Å². The Kier molecular flexibility index (Phi) is 3.53. The van der Waals surface area contributed by atoms with Crippen LogP contribution >= 0.6 is 0 Å². The van der Waals surface area contributed by atoms with Gasteiger partial charge in [0.2, 0.25) is 0 Å². The first kappa shape index (κ1) is 12.3. The molecule has 1 saturated carbocycles. The summed E-state index contributed by atoms with van der Waals surface area (Å²) in [6, 6.07) is 3.79. The van der Waals surface area contributed by atoms with E-state index in [1.165, 1.54) is 38.5 Å². The molecule has 0 aliphatic heterocycles. The molecule has 5 nitrogen and oxygen atoms in total. The zero-order valence-electron chi connectivity index (χ0n) is 11.1. The van der Waals surface area contributed by atoms with Crippen molar-refractivity contribution in [3.8, 4) is 0 Å². The van der Waals surface area contributed by atoms with Gasteiger partial charge in [-0.2, -0.15) is 0 Å². The van der Waals surface area contributed by atoms with Crippen LogP contribution in [0.4, 0.5) is 11.4 Å². The van der Waals surface area contributed by atoms with Gasteiger partial charge in [-0.15, -0.1) is 0 Å².